The first-order chi connectivity index (χ1) is 15.8. The highest BCUT2D eigenvalue weighted by molar-refractivity contribution is 5.76. The summed E-state index contributed by atoms with van der Waals surface area (Å²) in [6, 6.07) is 7.00. The average Bonchev–Trinajstić information content (AvgIpc) is 2.80. The first-order valence-corrected chi connectivity index (χ1v) is 12.2. The predicted molar refractivity (Wildman–Crippen MR) is 129 cm³/mol. The second kappa shape index (κ2) is 14.5. The van der Waals surface area contributed by atoms with Gasteiger partial charge < -0.3 is 30.3 Å². The number of para-hydroxylation sites is 1. The van der Waals surface area contributed by atoms with Crippen LogP contribution < -0.4 is 15.8 Å². The molecule has 1 aliphatic rings. The first kappa shape index (κ1) is 27.5. The van der Waals surface area contributed by atoms with E-state index in [-0.39, 0.29) is 18.4 Å². The Morgan fingerprint density at radius 2 is 1.94 bits per heavy atom. The summed E-state index contributed by atoms with van der Waals surface area (Å²) in [5, 5.41) is 24.6. The van der Waals surface area contributed by atoms with Crippen LogP contribution in [0, 0.1) is 11.8 Å². The van der Waals surface area contributed by atoms with Gasteiger partial charge in [-0.15, -0.1) is 0 Å². The minimum atomic E-state index is -0.878. The average molecular weight is 466 g/mol. The second-order valence-electron chi connectivity index (χ2n) is 9.31. The number of hydrogen-bond acceptors (Lipinski definition) is 7. The van der Waals surface area contributed by atoms with E-state index in [4.69, 9.17) is 15.2 Å². The molecule has 5 N–H and O–H groups in total. The van der Waals surface area contributed by atoms with Crippen LogP contribution in [-0.2, 0) is 9.53 Å². The van der Waals surface area contributed by atoms with Crippen molar-refractivity contribution in [2.45, 2.75) is 64.3 Å². The van der Waals surface area contributed by atoms with Gasteiger partial charge in [-0.3, -0.25) is 10.1 Å². The molecule has 1 aromatic carbocycles. The Morgan fingerprint density at radius 3 is 2.64 bits per heavy atom. The number of piperidine rings is 1. The van der Waals surface area contributed by atoms with Crippen molar-refractivity contribution in [1.82, 2.24) is 10.2 Å². The number of aliphatic hydroxyl groups is 2. The lowest BCUT2D eigenvalue weighted by molar-refractivity contribution is -0.135. The molecule has 0 saturated carbocycles. The van der Waals surface area contributed by atoms with Gasteiger partial charge in [0.2, 0.25) is 5.91 Å². The monoisotopic (exact) mass is 465 g/mol. The number of carbonyl (C=O) groups is 1. The normalized spacial score (nSPS) is 18.3. The molecule has 0 aromatic heterocycles. The molecule has 1 heterocycles. The van der Waals surface area contributed by atoms with Crippen LogP contribution in [0.3, 0.4) is 0 Å². The van der Waals surface area contributed by atoms with Crippen molar-refractivity contribution in [3.05, 3.63) is 29.8 Å². The fourth-order valence-corrected chi connectivity index (χ4v) is 4.11. The number of nitrogens with two attached hydrogens (primary N) is 1. The van der Waals surface area contributed by atoms with E-state index in [0.29, 0.717) is 56.4 Å². The number of benzene rings is 1. The molecule has 2 rings (SSSR count). The molecule has 0 bridgehead atoms. The number of hydrogen-bond donors (Lipinski definition) is 4. The van der Waals surface area contributed by atoms with Gasteiger partial charge in [-0.2, -0.15) is 0 Å². The highest BCUT2D eigenvalue weighted by Gasteiger charge is 2.27. The van der Waals surface area contributed by atoms with Crippen molar-refractivity contribution < 1.29 is 24.5 Å². The number of amides is 1. The third kappa shape index (κ3) is 9.22. The van der Waals surface area contributed by atoms with Crippen LogP contribution in [0.1, 0.15) is 57.7 Å². The van der Waals surface area contributed by atoms with E-state index in [2.05, 4.69) is 19.2 Å². The maximum Gasteiger partial charge on any atom is 0.222 e. The van der Waals surface area contributed by atoms with E-state index < -0.39 is 18.4 Å². The molecule has 0 aliphatic carbocycles. The standard InChI is InChI=1S/C25H43N3O5/c1-18(2)19(15-21(26)22(29)17-28-12-7-6-11-24(28)30)16-27-25(31)20-9-4-5-10-23(20)33-14-8-13-32-3/h4-5,9-10,18-19,21-22,25,27,29,31H,6-8,11-17,26H2,1-3H3/t19-,21+,22+,25?/m1/s1. The minimum Gasteiger partial charge on any atom is -0.493 e. The molecule has 1 fully saturated rings. The Balaban J connectivity index is 1.88. The molecule has 1 saturated heterocycles. The van der Waals surface area contributed by atoms with Crippen molar-refractivity contribution >= 4 is 5.91 Å². The zero-order valence-electron chi connectivity index (χ0n) is 20.4. The molecule has 4 atom stereocenters. The number of nitrogens with zero attached hydrogens (tertiary/aromatic N) is 1. The number of rotatable bonds is 15. The van der Waals surface area contributed by atoms with Crippen molar-refractivity contribution in [3.8, 4) is 5.75 Å². The lowest BCUT2D eigenvalue weighted by Gasteiger charge is -2.33. The molecule has 8 heteroatoms. The van der Waals surface area contributed by atoms with Gasteiger partial charge in [-0.1, -0.05) is 32.0 Å². The van der Waals surface area contributed by atoms with Gasteiger partial charge in [0.1, 0.15) is 12.0 Å². The summed E-state index contributed by atoms with van der Waals surface area (Å²) in [7, 11) is 1.66. The maximum absolute atomic E-state index is 12.0. The van der Waals surface area contributed by atoms with Crippen LogP contribution in [0.25, 0.3) is 0 Å². The Morgan fingerprint density at radius 1 is 1.18 bits per heavy atom. The van der Waals surface area contributed by atoms with Crippen LogP contribution in [0.5, 0.6) is 5.75 Å². The number of likely N-dealkylation sites (tertiary alicyclic amines) is 1. The minimum absolute atomic E-state index is 0.0980. The van der Waals surface area contributed by atoms with Crippen molar-refractivity contribution in [3.63, 3.8) is 0 Å². The summed E-state index contributed by atoms with van der Waals surface area (Å²) in [6.07, 6.45) is 2.17. The third-order valence-corrected chi connectivity index (χ3v) is 6.38. The van der Waals surface area contributed by atoms with E-state index in [1.807, 2.05) is 24.3 Å². The van der Waals surface area contributed by atoms with Gasteiger partial charge in [0, 0.05) is 57.8 Å². The number of nitrogens with one attached hydrogen (secondary N) is 1. The van der Waals surface area contributed by atoms with E-state index in [1.165, 1.54) is 0 Å². The van der Waals surface area contributed by atoms with Crippen LogP contribution in [0.4, 0.5) is 0 Å². The third-order valence-electron chi connectivity index (χ3n) is 6.38. The van der Waals surface area contributed by atoms with Gasteiger partial charge in [0.25, 0.3) is 0 Å². The number of ether oxygens (including phenoxy) is 2. The molecule has 1 aromatic rings. The summed E-state index contributed by atoms with van der Waals surface area (Å²) in [6.45, 7) is 6.87. The van der Waals surface area contributed by atoms with E-state index in [0.717, 1.165) is 19.3 Å². The van der Waals surface area contributed by atoms with Crippen LogP contribution >= 0.6 is 0 Å². The Labute approximate surface area is 198 Å². The van der Waals surface area contributed by atoms with Crippen LogP contribution in [-0.4, -0.2) is 73.1 Å². The molecule has 0 spiro atoms. The van der Waals surface area contributed by atoms with Crippen LogP contribution in [0.15, 0.2) is 24.3 Å². The summed E-state index contributed by atoms with van der Waals surface area (Å²) in [4.78, 5) is 13.8. The highest BCUT2D eigenvalue weighted by atomic mass is 16.5. The molecule has 8 nitrogen and oxygen atoms in total. The molecule has 188 valence electrons. The van der Waals surface area contributed by atoms with Gasteiger partial charge >= 0.3 is 0 Å². The smallest absolute Gasteiger partial charge is 0.222 e. The largest absolute Gasteiger partial charge is 0.493 e. The van der Waals surface area contributed by atoms with Crippen LogP contribution in [0.2, 0.25) is 0 Å². The number of β-amino-alcohol motifs (C(OH)–C–C–N with tert-alkyl or cyclic N) is 1. The molecule has 33 heavy (non-hydrogen) atoms. The number of carbonyl (C=O) groups excluding carboxylic acids is 1. The first-order valence-electron chi connectivity index (χ1n) is 12.2. The SMILES string of the molecule is COCCCOc1ccccc1C(O)NC[C@@H](C[C@H](N)[C@@H](O)CN1CCCCC1=O)C(C)C. The van der Waals surface area contributed by atoms with E-state index in [9.17, 15) is 15.0 Å². The maximum atomic E-state index is 12.0. The second-order valence-corrected chi connectivity index (χ2v) is 9.31. The zero-order chi connectivity index (χ0) is 24.2. The lowest BCUT2D eigenvalue weighted by atomic mass is 9.87. The molecular weight excluding hydrogens is 422 g/mol. The van der Waals surface area contributed by atoms with E-state index in [1.54, 1.807) is 12.0 Å². The number of methoxy groups -OCH3 is 1. The lowest BCUT2D eigenvalue weighted by Crippen LogP contribution is -2.48. The predicted octanol–water partition coefficient (Wildman–Crippen LogP) is 2.05. The molecule has 0 radical (unpaired) electrons. The fraction of sp³-hybridized carbons (Fsp3) is 0.720. The van der Waals surface area contributed by atoms with Crippen molar-refractivity contribution in [2.24, 2.45) is 17.6 Å². The van der Waals surface area contributed by atoms with Gasteiger partial charge in [-0.05, 0) is 37.2 Å². The van der Waals surface area contributed by atoms with E-state index >= 15 is 0 Å². The van der Waals surface area contributed by atoms with Gasteiger partial charge in [0.15, 0.2) is 0 Å². The molecular formula is C25H43N3O5. The molecule has 1 aliphatic heterocycles. The molecule has 1 unspecified atom stereocenters. The highest BCUT2D eigenvalue weighted by Crippen LogP contribution is 2.25. The summed E-state index contributed by atoms with van der Waals surface area (Å²) in [5.74, 6) is 1.20. The summed E-state index contributed by atoms with van der Waals surface area (Å²) >= 11 is 0. The van der Waals surface area contributed by atoms with Crippen molar-refractivity contribution in [2.75, 3.05) is 40.0 Å². The summed E-state index contributed by atoms with van der Waals surface area (Å²) in [5.41, 5.74) is 7.02. The zero-order valence-corrected chi connectivity index (χ0v) is 20.4. The number of aliphatic hydroxyl groups excluding tert-OH is 2. The molecule has 1 amide bonds. The summed E-state index contributed by atoms with van der Waals surface area (Å²) < 4.78 is 10.9. The fourth-order valence-electron chi connectivity index (χ4n) is 4.11. The Kier molecular flexibility index (Phi) is 12.1. The quantitative estimate of drug-likeness (QED) is 0.231. The van der Waals surface area contributed by atoms with Crippen molar-refractivity contribution in [1.29, 1.82) is 0 Å². The Bertz CT molecular complexity index is 702. The Hall–Kier alpha value is -1.71. The van der Waals surface area contributed by atoms with Gasteiger partial charge in [0.05, 0.1) is 12.7 Å². The van der Waals surface area contributed by atoms with Gasteiger partial charge in [-0.25, -0.2) is 0 Å². The topological polar surface area (TPSA) is 117 Å².